The van der Waals surface area contributed by atoms with Crippen LogP contribution in [-0.2, 0) is 4.79 Å². The third-order valence-electron chi connectivity index (χ3n) is 10.3. The highest BCUT2D eigenvalue weighted by molar-refractivity contribution is 5.83. The molecule has 3 saturated carbocycles. The Morgan fingerprint density at radius 2 is 1.83 bits per heavy atom. The minimum absolute atomic E-state index is 0.154. The molecule has 0 spiro atoms. The van der Waals surface area contributed by atoms with Crippen molar-refractivity contribution in [3.63, 3.8) is 0 Å². The summed E-state index contributed by atoms with van der Waals surface area (Å²) in [5.74, 6) is 4.94. The SMILES string of the molecule is CC(C)CCC[C@@H](C)[C@H]1CC[C@H]2[C@@H]3C(=O)CC4CCC=C(O)[C@]4(C)[C@H]3CC[C@]12C. The molecule has 0 amide bonds. The van der Waals surface area contributed by atoms with Gasteiger partial charge in [-0.2, -0.15) is 0 Å². The Balaban J connectivity index is 1.55. The molecule has 2 heteroatoms. The first-order valence-electron chi connectivity index (χ1n) is 12.6. The molecule has 0 radical (unpaired) electrons. The summed E-state index contributed by atoms with van der Waals surface area (Å²) in [7, 11) is 0. The number of fused-ring (bicyclic) bond motifs is 5. The molecule has 3 fully saturated rings. The topological polar surface area (TPSA) is 37.3 Å². The summed E-state index contributed by atoms with van der Waals surface area (Å²) in [6.07, 6.45) is 13.7. The van der Waals surface area contributed by atoms with Crippen LogP contribution in [0.5, 0.6) is 0 Å². The van der Waals surface area contributed by atoms with Crippen molar-refractivity contribution in [3.8, 4) is 0 Å². The van der Waals surface area contributed by atoms with Gasteiger partial charge < -0.3 is 5.11 Å². The second-order valence-corrected chi connectivity index (χ2v) is 12.1. The lowest BCUT2D eigenvalue weighted by Crippen LogP contribution is -2.57. The molecule has 29 heavy (non-hydrogen) atoms. The van der Waals surface area contributed by atoms with Crippen LogP contribution < -0.4 is 0 Å². The molecular formula is C27H44O2. The van der Waals surface area contributed by atoms with Gasteiger partial charge in [0.25, 0.3) is 0 Å². The van der Waals surface area contributed by atoms with Gasteiger partial charge in [0, 0.05) is 17.8 Å². The zero-order valence-corrected chi connectivity index (χ0v) is 19.5. The van der Waals surface area contributed by atoms with Crippen molar-refractivity contribution in [2.24, 2.45) is 52.3 Å². The molecule has 164 valence electrons. The van der Waals surface area contributed by atoms with E-state index in [2.05, 4.69) is 40.7 Å². The zero-order valence-electron chi connectivity index (χ0n) is 19.5. The van der Waals surface area contributed by atoms with Gasteiger partial charge in [-0.15, -0.1) is 0 Å². The lowest BCUT2D eigenvalue weighted by molar-refractivity contribution is -0.152. The lowest BCUT2D eigenvalue weighted by atomic mass is 9.45. The molecule has 0 aromatic heterocycles. The highest BCUT2D eigenvalue weighted by Gasteiger charge is 2.63. The van der Waals surface area contributed by atoms with Gasteiger partial charge in [0.1, 0.15) is 5.78 Å². The Kier molecular flexibility index (Phi) is 5.71. The van der Waals surface area contributed by atoms with Gasteiger partial charge in [0.15, 0.2) is 0 Å². The van der Waals surface area contributed by atoms with Crippen LogP contribution in [0.2, 0.25) is 0 Å². The number of hydrogen-bond donors (Lipinski definition) is 1. The van der Waals surface area contributed by atoms with Crippen LogP contribution in [0.4, 0.5) is 0 Å². The maximum Gasteiger partial charge on any atom is 0.136 e. The Morgan fingerprint density at radius 1 is 1.07 bits per heavy atom. The van der Waals surface area contributed by atoms with E-state index in [-0.39, 0.29) is 11.3 Å². The molecule has 8 atom stereocenters. The Labute approximate surface area is 178 Å². The van der Waals surface area contributed by atoms with Gasteiger partial charge in [0.2, 0.25) is 0 Å². The summed E-state index contributed by atoms with van der Waals surface area (Å²) in [5.41, 5.74) is 0.171. The van der Waals surface area contributed by atoms with E-state index in [1.165, 1.54) is 38.5 Å². The predicted molar refractivity (Wildman–Crippen MR) is 120 cm³/mol. The quantitative estimate of drug-likeness (QED) is 0.524. The molecule has 0 aromatic rings. The summed E-state index contributed by atoms with van der Waals surface area (Å²) in [6, 6.07) is 0. The molecule has 0 aliphatic heterocycles. The van der Waals surface area contributed by atoms with E-state index in [1.54, 1.807) is 0 Å². The number of hydrogen-bond acceptors (Lipinski definition) is 2. The molecule has 4 aliphatic carbocycles. The van der Waals surface area contributed by atoms with E-state index in [9.17, 15) is 9.90 Å². The molecule has 4 rings (SSSR count). The van der Waals surface area contributed by atoms with Gasteiger partial charge in [-0.1, -0.05) is 53.9 Å². The highest BCUT2D eigenvalue weighted by atomic mass is 16.3. The highest BCUT2D eigenvalue weighted by Crippen LogP contribution is 2.67. The summed E-state index contributed by atoms with van der Waals surface area (Å²) >= 11 is 0. The standard InChI is InChI=1S/C27H44O2/c1-17(2)8-6-9-18(3)20-12-13-21-25-22(14-15-26(20,21)4)27(5)19(16-23(25)28)10-7-11-24(27)29/h11,17-22,25,29H,6-10,12-16H2,1-5H3/t18-,19?,20-,21+,22+,25+,26-,27+/m1/s1. The van der Waals surface area contributed by atoms with E-state index >= 15 is 0 Å². The number of aliphatic hydroxyl groups is 1. The van der Waals surface area contributed by atoms with Crippen LogP contribution in [0, 0.1) is 52.3 Å². The van der Waals surface area contributed by atoms with Crippen molar-refractivity contribution >= 4 is 5.78 Å². The minimum Gasteiger partial charge on any atom is -0.512 e. The van der Waals surface area contributed by atoms with Gasteiger partial charge in [-0.3, -0.25) is 4.79 Å². The third kappa shape index (κ3) is 3.32. The summed E-state index contributed by atoms with van der Waals surface area (Å²) in [5, 5.41) is 10.9. The van der Waals surface area contributed by atoms with Gasteiger partial charge in [-0.05, 0) is 85.5 Å². The number of allylic oxidation sites excluding steroid dienone is 2. The first-order chi connectivity index (χ1) is 13.7. The van der Waals surface area contributed by atoms with E-state index in [0.29, 0.717) is 41.1 Å². The van der Waals surface area contributed by atoms with Gasteiger partial charge >= 0.3 is 0 Å². The van der Waals surface area contributed by atoms with Crippen LogP contribution in [0.1, 0.15) is 98.8 Å². The number of Topliss-reactive ketones (excluding diaryl/α,β-unsaturated/α-hetero) is 1. The largest absolute Gasteiger partial charge is 0.512 e. The van der Waals surface area contributed by atoms with Crippen molar-refractivity contribution in [2.45, 2.75) is 98.8 Å². The van der Waals surface area contributed by atoms with Gasteiger partial charge in [0.05, 0.1) is 5.76 Å². The molecule has 0 bridgehead atoms. The van der Waals surface area contributed by atoms with Crippen LogP contribution in [-0.4, -0.2) is 10.9 Å². The zero-order chi connectivity index (χ0) is 21.0. The Hall–Kier alpha value is -0.790. The van der Waals surface area contributed by atoms with E-state index in [4.69, 9.17) is 0 Å². The number of carbonyl (C=O) groups excluding carboxylic acids is 1. The maximum absolute atomic E-state index is 13.4. The molecule has 2 nitrogen and oxygen atoms in total. The molecule has 0 saturated heterocycles. The molecule has 0 aromatic carbocycles. The van der Waals surface area contributed by atoms with Crippen LogP contribution in [0.25, 0.3) is 0 Å². The second kappa shape index (κ2) is 7.72. The average Bonchev–Trinajstić information content (AvgIpc) is 3.01. The fourth-order valence-electron chi connectivity index (χ4n) is 8.62. The monoisotopic (exact) mass is 400 g/mol. The van der Waals surface area contributed by atoms with Crippen molar-refractivity contribution in [3.05, 3.63) is 11.8 Å². The van der Waals surface area contributed by atoms with Crippen molar-refractivity contribution < 1.29 is 9.90 Å². The number of ketones is 1. The van der Waals surface area contributed by atoms with Crippen molar-refractivity contribution in [2.75, 3.05) is 0 Å². The van der Waals surface area contributed by atoms with E-state index < -0.39 is 0 Å². The molecule has 1 unspecified atom stereocenters. The van der Waals surface area contributed by atoms with E-state index in [0.717, 1.165) is 37.0 Å². The molecule has 4 aliphatic rings. The fourth-order valence-corrected chi connectivity index (χ4v) is 8.62. The third-order valence-corrected chi connectivity index (χ3v) is 10.3. The first kappa shape index (κ1) is 21.4. The maximum atomic E-state index is 13.4. The smallest absolute Gasteiger partial charge is 0.136 e. The van der Waals surface area contributed by atoms with Crippen LogP contribution in [0.3, 0.4) is 0 Å². The normalized spacial score (nSPS) is 45.4. The Morgan fingerprint density at radius 3 is 2.55 bits per heavy atom. The number of carbonyl (C=O) groups is 1. The average molecular weight is 401 g/mol. The van der Waals surface area contributed by atoms with Crippen LogP contribution in [0.15, 0.2) is 11.8 Å². The summed E-state index contributed by atoms with van der Waals surface area (Å²) in [6.45, 7) is 12.0. The Bertz CT molecular complexity index is 663. The van der Waals surface area contributed by atoms with Crippen molar-refractivity contribution in [1.29, 1.82) is 0 Å². The molecule has 1 N–H and O–H groups in total. The molecular weight excluding hydrogens is 356 g/mol. The van der Waals surface area contributed by atoms with Crippen molar-refractivity contribution in [1.82, 2.24) is 0 Å². The summed E-state index contributed by atoms with van der Waals surface area (Å²) < 4.78 is 0. The number of aliphatic hydroxyl groups excluding tert-OH is 1. The second-order valence-electron chi connectivity index (χ2n) is 12.1. The molecule has 0 heterocycles. The first-order valence-corrected chi connectivity index (χ1v) is 12.6. The van der Waals surface area contributed by atoms with Gasteiger partial charge in [-0.25, -0.2) is 0 Å². The lowest BCUT2D eigenvalue weighted by Gasteiger charge is -2.59. The minimum atomic E-state index is -0.154. The van der Waals surface area contributed by atoms with Crippen LogP contribution >= 0.6 is 0 Å². The predicted octanol–water partition coefficient (Wildman–Crippen LogP) is 7.34. The fraction of sp³-hybridized carbons (Fsp3) is 0.889. The number of rotatable bonds is 5. The van der Waals surface area contributed by atoms with E-state index in [1.807, 2.05) is 0 Å². The summed E-state index contributed by atoms with van der Waals surface area (Å²) in [4.78, 5) is 13.4.